The minimum atomic E-state index is -0.753. The molecule has 0 aliphatic carbocycles. The van der Waals surface area contributed by atoms with Gasteiger partial charge in [-0.15, -0.1) is 0 Å². The van der Waals surface area contributed by atoms with Gasteiger partial charge < -0.3 is 47.0 Å². The highest BCUT2D eigenvalue weighted by molar-refractivity contribution is 5.97. The number of esters is 6. The van der Waals surface area contributed by atoms with Crippen LogP contribution in [0.3, 0.4) is 0 Å². The summed E-state index contributed by atoms with van der Waals surface area (Å²) in [6.07, 6.45) is 15.5. The first-order chi connectivity index (χ1) is 39.1. The third kappa shape index (κ3) is 21.5. The number of benzene rings is 5. The number of unbranched alkanes of at least 4 members (excludes halogenated alkanes) is 11. The summed E-state index contributed by atoms with van der Waals surface area (Å²) in [5.74, 6) is -1.16. The van der Waals surface area contributed by atoms with Gasteiger partial charge in [0.05, 0.1) is 57.0 Å². The van der Waals surface area contributed by atoms with Crippen molar-refractivity contribution in [3.8, 4) is 45.6 Å². The van der Waals surface area contributed by atoms with E-state index in [-0.39, 0.29) is 40.6 Å². The van der Waals surface area contributed by atoms with E-state index >= 15 is 0 Å². The van der Waals surface area contributed by atoms with Crippen molar-refractivity contribution in [2.75, 3.05) is 39.6 Å². The minimum Gasteiger partial charge on any atom is -0.494 e. The highest BCUT2D eigenvalue weighted by Gasteiger charge is 2.21. The van der Waals surface area contributed by atoms with Crippen molar-refractivity contribution in [1.29, 1.82) is 0 Å². The molecule has 0 spiro atoms. The van der Waals surface area contributed by atoms with Crippen molar-refractivity contribution in [3.63, 3.8) is 0 Å². The number of furan rings is 1. The fraction of sp³-hybridized carbons (Fsp3) is 0.312. The number of rotatable bonds is 36. The predicted octanol–water partition coefficient (Wildman–Crippen LogP) is 13.5. The second kappa shape index (κ2) is 34.1. The molecule has 6 aromatic rings. The molecule has 16 nitrogen and oxygen atoms in total. The summed E-state index contributed by atoms with van der Waals surface area (Å²) < 4.78 is 55.2. The van der Waals surface area contributed by atoms with Gasteiger partial charge in [-0.05, 0) is 178 Å². The van der Waals surface area contributed by atoms with E-state index in [2.05, 4.69) is 13.2 Å². The molecule has 0 atom stereocenters. The van der Waals surface area contributed by atoms with E-state index in [1.54, 1.807) is 72.8 Å². The smallest absolute Gasteiger partial charge is 0.379 e. The van der Waals surface area contributed by atoms with E-state index in [4.69, 9.17) is 47.0 Å². The fourth-order valence-electron chi connectivity index (χ4n) is 7.83. The number of hydrogen-bond acceptors (Lipinski definition) is 16. The molecule has 0 saturated heterocycles. The van der Waals surface area contributed by atoms with Gasteiger partial charge in [-0.3, -0.25) is 0 Å². The van der Waals surface area contributed by atoms with Crippen LogP contribution in [0.1, 0.15) is 132 Å². The molecule has 1 aromatic heterocycles. The van der Waals surface area contributed by atoms with Gasteiger partial charge in [-0.2, -0.15) is 0 Å². The molecule has 1 heterocycles. The van der Waals surface area contributed by atoms with Crippen molar-refractivity contribution in [2.24, 2.45) is 0 Å². The van der Waals surface area contributed by atoms with Crippen LogP contribution >= 0.6 is 0 Å². The van der Waals surface area contributed by atoms with Crippen LogP contribution in [0.5, 0.6) is 34.5 Å². The Labute approximate surface area is 466 Å². The quantitative estimate of drug-likeness (QED) is 0.0118. The van der Waals surface area contributed by atoms with E-state index in [0.717, 1.165) is 112 Å². The monoisotopic (exact) mass is 1090 g/mol. The molecule has 0 radical (unpaired) electrons. The van der Waals surface area contributed by atoms with E-state index in [1.807, 2.05) is 36.4 Å². The third-order valence-corrected chi connectivity index (χ3v) is 12.2. The Hall–Kier alpha value is -8.92. The lowest BCUT2D eigenvalue weighted by atomic mass is 10.1. The molecule has 6 rings (SSSR count). The summed E-state index contributed by atoms with van der Waals surface area (Å²) in [6, 6.07) is 35.3. The molecule has 0 amide bonds. The largest absolute Gasteiger partial charge is 0.494 e. The lowest BCUT2D eigenvalue weighted by molar-refractivity contribution is -0.138. The molecule has 0 saturated carbocycles. The molecule has 0 unspecified atom stereocenters. The van der Waals surface area contributed by atoms with Gasteiger partial charge in [0, 0.05) is 12.2 Å². The van der Waals surface area contributed by atoms with Crippen LogP contribution < -0.4 is 28.4 Å². The zero-order chi connectivity index (χ0) is 56.6. The van der Waals surface area contributed by atoms with Crippen molar-refractivity contribution in [3.05, 3.63) is 181 Å². The zero-order valence-electron chi connectivity index (χ0n) is 44.9. The first kappa shape index (κ1) is 60.3. The van der Waals surface area contributed by atoms with Crippen molar-refractivity contribution in [2.45, 2.75) is 89.9 Å². The van der Waals surface area contributed by atoms with Crippen LogP contribution in [0.25, 0.3) is 11.1 Å². The molecular weight excluding hydrogens is 1020 g/mol. The standard InChI is InChI=1S/C64H68O16/c1-3-59(65)75-42-16-11-9-14-40-72-52-31-25-49(26-32-52)61(67)79-55-37-38-57(80-62(68)50-27-33-53(34-28-50)73-41-15-10-12-17-43-76-60(66)4-2)56(46-55)63(69)77-44-18-8-6-5-7-13-39-71-51-29-21-47(22-30-51)48-23-35-54(36-24-48)78-64(70)58-20-19-45-74-58/h3-4,19-38,45-46H,1-2,5-18,39-44H2. The van der Waals surface area contributed by atoms with Crippen LogP contribution in [-0.2, 0) is 23.8 Å². The van der Waals surface area contributed by atoms with Gasteiger partial charge >= 0.3 is 35.8 Å². The zero-order valence-corrected chi connectivity index (χ0v) is 44.9. The minimum absolute atomic E-state index is 0.0375. The van der Waals surface area contributed by atoms with Gasteiger partial charge in [0.25, 0.3) is 0 Å². The van der Waals surface area contributed by atoms with Crippen LogP contribution in [0.4, 0.5) is 0 Å². The first-order valence-electron chi connectivity index (χ1n) is 27.0. The normalized spacial score (nSPS) is 10.7. The topological polar surface area (TPSA) is 199 Å². The Morgan fingerprint density at radius 3 is 1.21 bits per heavy atom. The van der Waals surface area contributed by atoms with Crippen LogP contribution in [0.15, 0.2) is 163 Å². The van der Waals surface area contributed by atoms with Crippen LogP contribution in [0, 0.1) is 0 Å². The van der Waals surface area contributed by atoms with Crippen molar-refractivity contribution >= 4 is 35.8 Å². The lowest BCUT2D eigenvalue weighted by Crippen LogP contribution is -2.14. The summed E-state index contributed by atoms with van der Waals surface area (Å²) in [6.45, 7) is 9.08. The Morgan fingerprint density at radius 2 is 0.762 bits per heavy atom. The SMILES string of the molecule is C=CC(=O)OCCCCCCOc1ccc(C(=O)Oc2ccc(OC(=O)c3ccc(OCCCCCCOC(=O)C=C)cc3)c(C(=O)OCCCCCCCCOc3ccc(-c4ccc(OC(=O)c5ccco5)cc4)cc3)c2)cc1. The fourth-order valence-corrected chi connectivity index (χ4v) is 7.83. The van der Waals surface area contributed by atoms with Crippen molar-refractivity contribution in [1.82, 2.24) is 0 Å². The summed E-state index contributed by atoms with van der Waals surface area (Å²) >= 11 is 0. The maximum Gasteiger partial charge on any atom is 0.379 e. The number of carbonyl (C=O) groups is 6. The molecule has 0 aliphatic rings. The average Bonchev–Trinajstić information content (AvgIpc) is 4.05. The van der Waals surface area contributed by atoms with Gasteiger partial charge in [-0.25, -0.2) is 28.8 Å². The molecule has 80 heavy (non-hydrogen) atoms. The molecule has 0 bridgehead atoms. The molecule has 5 aromatic carbocycles. The van der Waals surface area contributed by atoms with Gasteiger partial charge in [0.1, 0.15) is 40.1 Å². The molecule has 420 valence electrons. The Balaban J connectivity index is 0.933. The molecule has 0 fully saturated rings. The number of hydrogen-bond donors (Lipinski definition) is 0. The van der Waals surface area contributed by atoms with Crippen molar-refractivity contribution < 1.29 is 75.8 Å². The second-order valence-electron chi connectivity index (χ2n) is 18.3. The number of ether oxygens (including phenoxy) is 9. The van der Waals surface area contributed by atoms with Gasteiger partial charge in [0.2, 0.25) is 5.76 Å². The maximum absolute atomic E-state index is 13.7. The third-order valence-electron chi connectivity index (χ3n) is 12.2. The summed E-state index contributed by atoms with van der Waals surface area (Å²) in [5.41, 5.74) is 2.32. The van der Waals surface area contributed by atoms with E-state index in [1.165, 1.54) is 24.5 Å². The van der Waals surface area contributed by atoms with E-state index in [0.29, 0.717) is 56.7 Å². The summed E-state index contributed by atoms with van der Waals surface area (Å²) in [4.78, 5) is 74.9. The first-order valence-corrected chi connectivity index (χ1v) is 27.0. The summed E-state index contributed by atoms with van der Waals surface area (Å²) in [5, 5.41) is 0. The number of carbonyl (C=O) groups excluding carboxylic acids is 6. The molecular formula is C64H68O16. The highest BCUT2D eigenvalue weighted by Crippen LogP contribution is 2.29. The molecule has 0 N–H and O–H groups in total. The van der Waals surface area contributed by atoms with E-state index < -0.39 is 35.8 Å². The van der Waals surface area contributed by atoms with E-state index in [9.17, 15) is 28.8 Å². The summed E-state index contributed by atoms with van der Waals surface area (Å²) in [7, 11) is 0. The second-order valence-corrected chi connectivity index (χ2v) is 18.3. The van der Waals surface area contributed by atoms with Crippen LogP contribution in [0.2, 0.25) is 0 Å². The van der Waals surface area contributed by atoms with Crippen LogP contribution in [-0.4, -0.2) is 75.5 Å². The average molecular weight is 1090 g/mol. The Kier molecular flexibility index (Phi) is 25.7. The highest BCUT2D eigenvalue weighted by atomic mass is 16.6. The van der Waals surface area contributed by atoms with Gasteiger partial charge in [0.15, 0.2) is 0 Å². The lowest BCUT2D eigenvalue weighted by Gasteiger charge is -2.13. The van der Waals surface area contributed by atoms with Gasteiger partial charge in [-0.1, -0.05) is 63.1 Å². The Morgan fingerprint density at radius 1 is 0.375 bits per heavy atom. The molecule has 0 aliphatic heterocycles. The Bertz CT molecular complexity index is 2890. The maximum atomic E-state index is 13.7. The predicted molar refractivity (Wildman–Crippen MR) is 299 cm³/mol. The molecule has 16 heteroatoms.